The molecular formula is C13H10F6N2O2. The van der Waals surface area contributed by atoms with Crippen LogP contribution in [0.25, 0.3) is 0 Å². The van der Waals surface area contributed by atoms with E-state index in [1.54, 1.807) is 5.32 Å². The van der Waals surface area contributed by atoms with E-state index >= 15 is 0 Å². The number of nitriles is 1. The van der Waals surface area contributed by atoms with Gasteiger partial charge in [-0.05, 0) is 24.6 Å². The number of carbonyl (C=O) groups is 1. The maximum Gasteiger partial charge on any atom is 0.417 e. The van der Waals surface area contributed by atoms with E-state index in [4.69, 9.17) is 10.4 Å². The van der Waals surface area contributed by atoms with E-state index < -0.39 is 47.1 Å². The second-order valence-electron chi connectivity index (χ2n) is 4.74. The van der Waals surface area contributed by atoms with Crippen LogP contribution in [-0.4, -0.2) is 23.8 Å². The van der Waals surface area contributed by atoms with Crippen molar-refractivity contribution in [1.29, 1.82) is 5.26 Å². The topological polar surface area (TPSA) is 73.1 Å². The number of aliphatic carboxylic acids is 1. The summed E-state index contributed by atoms with van der Waals surface area (Å²) in [6.45, 7) is -0.588. The minimum Gasteiger partial charge on any atom is -0.480 e. The molecule has 0 aromatic heterocycles. The van der Waals surface area contributed by atoms with Crippen LogP contribution in [0.3, 0.4) is 0 Å². The van der Waals surface area contributed by atoms with Crippen LogP contribution in [0.15, 0.2) is 18.2 Å². The molecule has 0 aliphatic heterocycles. The molecule has 10 heteroatoms. The number of hydrogen-bond donors (Lipinski definition) is 2. The van der Waals surface area contributed by atoms with Gasteiger partial charge in [-0.3, -0.25) is 10.1 Å². The average Bonchev–Trinajstić information content (AvgIpc) is 2.41. The van der Waals surface area contributed by atoms with E-state index in [0.717, 1.165) is 0 Å². The summed E-state index contributed by atoms with van der Waals surface area (Å²) in [4.78, 5) is 10.5. The number of rotatable bonds is 4. The van der Waals surface area contributed by atoms with Gasteiger partial charge in [0.2, 0.25) is 0 Å². The molecule has 126 valence electrons. The molecule has 0 saturated heterocycles. The summed E-state index contributed by atoms with van der Waals surface area (Å²) in [6.07, 6.45) is -10.1. The molecule has 0 aliphatic rings. The summed E-state index contributed by atoms with van der Waals surface area (Å²) < 4.78 is 78.4. The third-order valence-corrected chi connectivity index (χ3v) is 3.18. The second-order valence-corrected chi connectivity index (χ2v) is 4.74. The van der Waals surface area contributed by atoms with E-state index in [-0.39, 0.29) is 6.07 Å². The fourth-order valence-electron chi connectivity index (χ4n) is 1.81. The first-order valence-corrected chi connectivity index (χ1v) is 5.98. The van der Waals surface area contributed by atoms with Gasteiger partial charge in [-0.25, -0.2) is 0 Å². The van der Waals surface area contributed by atoms with Gasteiger partial charge in [0.15, 0.2) is 0 Å². The zero-order valence-corrected chi connectivity index (χ0v) is 11.5. The molecule has 1 aromatic rings. The first kappa shape index (κ1) is 18.8. The Morgan fingerprint density at radius 2 is 1.83 bits per heavy atom. The SMILES string of the molecule is CC(NCC(=O)O)(c1ccc(C#N)c(C(F)(F)F)c1)C(F)(F)F. The maximum atomic E-state index is 13.2. The lowest BCUT2D eigenvalue weighted by atomic mass is 9.88. The predicted molar refractivity (Wildman–Crippen MR) is 65.2 cm³/mol. The molecule has 1 rings (SSSR count). The van der Waals surface area contributed by atoms with Gasteiger partial charge < -0.3 is 5.11 Å². The summed E-state index contributed by atoms with van der Waals surface area (Å²) in [5.41, 5.74) is -6.23. The third kappa shape index (κ3) is 3.92. The minimum atomic E-state index is -5.07. The molecule has 0 fully saturated rings. The quantitative estimate of drug-likeness (QED) is 0.827. The van der Waals surface area contributed by atoms with Crippen molar-refractivity contribution in [2.75, 3.05) is 6.54 Å². The van der Waals surface area contributed by atoms with E-state index in [1.807, 2.05) is 0 Å². The van der Waals surface area contributed by atoms with E-state index in [9.17, 15) is 31.1 Å². The highest BCUT2D eigenvalue weighted by Crippen LogP contribution is 2.41. The largest absolute Gasteiger partial charge is 0.480 e. The zero-order chi connectivity index (χ0) is 18.1. The van der Waals surface area contributed by atoms with E-state index in [2.05, 4.69) is 0 Å². The fourth-order valence-corrected chi connectivity index (χ4v) is 1.81. The van der Waals surface area contributed by atoms with Gasteiger partial charge in [-0.15, -0.1) is 0 Å². The average molecular weight is 340 g/mol. The lowest BCUT2D eigenvalue weighted by Gasteiger charge is -2.33. The Hall–Kier alpha value is -2.28. The van der Waals surface area contributed by atoms with Crippen LogP contribution in [0.4, 0.5) is 26.3 Å². The molecule has 0 aliphatic carbocycles. The highest BCUT2D eigenvalue weighted by atomic mass is 19.4. The van der Waals surface area contributed by atoms with Crippen molar-refractivity contribution in [1.82, 2.24) is 5.32 Å². The van der Waals surface area contributed by atoms with Crippen LogP contribution in [0, 0.1) is 11.3 Å². The predicted octanol–water partition coefficient (Wildman–Crippen LogP) is 3.03. The number of alkyl halides is 6. The van der Waals surface area contributed by atoms with Gasteiger partial charge in [0.1, 0.15) is 5.54 Å². The molecule has 4 nitrogen and oxygen atoms in total. The molecule has 0 saturated carbocycles. The van der Waals surface area contributed by atoms with Crippen molar-refractivity contribution in [3.8, 4) is 6.07 Å². The van der Waals surface area contributed by atoms with Gasteiger partial charge >= 0.3 is 18.3 Å². The number of hydrogen-bond acceptors (Lipinski definition) is 3. The van der Waals surface area contributed by atoms with Crippen LogP contribution in [0.2, 0.25) is 0 Å². The van der Waals surface area contributed by atoms with Crippen molar-refractivity contribution < 1.29 is 36.2 Å². The molecular weight excluding hydrogens is 330 g/mol. The molecule has 0 heterocycles. The van der Waals surface area contributed by atoms with Gasteiger partial charge in [0, 0.05) is 0 Å². The number of benzene rings is 1. The molecule has 1 unspecified atom stereocenters. The maximum absolute atomic E-state index is 13.2. The molecule has 0 spiro atoms. The van der Waals surface area contributed by atoms with Gasteiger partial charge in [0.25, 0.3) is 0 Å². The van der Waals surface area contributed by atoms with Crippen molar-refractivity contribution in [2.24, 2.45) is 0 Å². The highest BCUT2D eigenvalue weighted by Gasteiger charge is 2.53. The zero-order valence-electron chi connectivity index (χ0n) is 11.5. The third-order valence-electron chi connectivity index (χ3n) is 3.18. The molecule has 0 amide bonds. The monoisotopic (exact) mass is 340 g/mol. The lowest BCUT2D eigenvalue weighted by molar-refractivity contribution is -0.196. The Morgan fingerprint density at radius 1 is 1.26 bits per heavy atom. The van der Waals surface area contributed by atoms with Crippen LogP contribution in [-0.2, 0) is 16.5 Å². The molecule has 0 bridgehead atoms. The Morgan fingerprint density at radius 3 is 2.22 bits per heavy atom. The van der Waals surface area contributed by atoms with Gasteiger partial charge in [-0.2, -0.15) is 31.6 Å². The number of carboxylic acids is 1. The van der Waals surface area contributed by atoms with Crippen molar-refractivity contribution in [3.05, 3.63) is 34.9 Å². The first-order valence-electron chi connectivity index (χ1n) is 5.98. The van der Waals surface area contributed by atoms with E-state index in [1.165, 1.54) is 6.07 Å². The summed E-state index contributed by atoms with van der Waals surface area (Å²) in [7, 11) is 0. The number of carboxylic acid groups (broad SMARTS) is 1. The molecule has 2 N–H and O–H groups in total. The van der Waals surface area contributed by atoms with Crippen molar-refractivity contribution >= 4 is 5.97 Å². The molecule has 0 radical (unpaired) electrons. The van der Waals surface area contributed by atoms with Crippen molar-refractivity contribution in [2.45, 2.75) is 24.8 Å². The summed E-state index contributed by atoms with van der Waals surface area (Å²) in [5.74, 6) is -1.61. The number of nitrogens with zero attached hydrogens (tertiary/aromatic N) is 1. The Labute approximate surface area is 126 Å². The van der Waals surface area contributed by atoms with Gasteiger partial charge in [0.05, 0.1) is 23.7 Å². The minimum absolute atomic E-state index is 0.195. The Bertz CT molecular complexity index is 647. The number of nitrogens with one attached hydrogen (secondary N) is 1. The van der Waals surface area contributed by atoms with Crippen LogP contribution < -0.4 is 5.32 Å². The fraction of sp³-hybridized carbons (Fsp3) is 0.385. The Balaban J connectivity index is 3.50. The van der Waals surface area contributed by atoms with Crippen LogP contribution >= 0.6 is 0 Å². The first-order chi connectivity index (χ1) is 10.3. The van der Waals surface area contributed by atoms with Gasteiger partial charge in [-0.1, -0.05) is 6.07 Å². The van der Waals surface area contributed by atoms with Crippen LogP contribution in [0.1, 0.15) is 23.6 Å². The molecule has 1 aromatic carbocycles. The summed E-state index contributed by atoms with van der Waals surface area (Å²) >= 11 is 0. The molecule has 23 heavy (non-hydrogen) atoms. The standard InChI is InChI=1S/C13H10F6N2O2/c1-11(13(17,18)19,21-6-10(22)23)8-3-2-7(5-20)9(4-8)12(14,15)16/h2-4,21H,6H2,1H3,(H,22,23). The Kier molecular flexibility index (Phi) is 4.96. The normalized spacial score (nSPS) is 14.9. The highest BCUT2D eigenvalue weighted by molar-refractivity contribution is 5.69. The second kappa shape index (κ2) is 6.08. The summed E-state index contributed by atoms with van der Waals surface area (Å²) in [5, 5.41) is 18.8. The summed E-state index contributed by atoms with van der Waals surface area (Å²) in [6, 6.07) is 2.77. The smallest absolute Gasteiger partial charge is 0.417 e. The number of halogens is 6. The lowest BCUT2D eigenvalue weighted by Crippen LogP contribution is -2.53. The van der Waals surface area contributed by atoms with E-state index in [0.29, 0.717) is 19.1 Å². The van der Waals surface area contributed by atoms with Crippen LogP contribution in [0.5, 0.6) is 0 Å². The van der Waals surface area contributed by atoms with Crippen molar-refractivity contribution in [3.63, 3.8) is 0 Å². The molecule has 1 atom stereocenters.